The Bertz CT molecular complexity index is 466. The molecule has 6 nitrogen and oxygen atoms in total. The average molecular weight is 266 g/mol. The number of carbonyl (C=O) groups excluding carboxylic acids is 1. The van der Waals surface area contributed by atoms with Gasteiger partial charge < -0.3 is 9.84 Å². The molecule has 1 rings (SSSR count). The molecule has 0 bridgehead atoms. The minimum atomic E-state index is -0.889. The number of nitrogens with zero attached hydrogens (tertiary/aromatic N) is 1. The molecular weight excluding hydrogens is 248 g/mol. The predicted molar refractivity (Wildman–Crippen MR) is 70.1 cm³/mol. The fourth-order valence-corrected chi connectivity index (χ4v) is 1.41. The Morgan fingerprint density at radius 1 is 1.42 bits per heavy atom. The number of aromatic nitrogens is 1. The van der Waals surface area contributed by atoms with Crippen molar-refractivity contribution in [3.63, 3.8) is 0 Å². The van der Waals surface area contributed by atoms with Crippen LogP contribution in [0.5, 0.6) is 0 Å². The number of anilines is 1. The highest BCUT2D eigenvalue weighted by atomic mass is 16.6. The lowest BCUT2D eigenvalue weighted by Gasteiger charge is -2.20. The van der Waals surface area contributed by atoms with Crippen LogP contribution in [0.4, 0.5) is 10.5 Å². The molecule has 0 aliphatic rings. The summed E-state index contributed by atoms with van der Waals surface area (Å²) in [6, 6.07) is 1.68. The number of pyridine rings is 1. The van der Waals surface area contributed by atoms with Gasteiger partial charge in [0.1, 0.15) is 5.60 Å². The monoisotopic (exact) mass is 266 g/mol. The summed E-state index contributed by atoms with van der Waals surface area (Å²) in [5.74, 6) is -0.889. The molecular formula is C13H18N2O4. The molecule has 1 amide bonds. The van der Waals surface area contributed by atoms with E-state index in [1.807, 2.05) is 0 Å². The van der Waals surface area contributed by atoms with Crippen LogP contribution < -0.4 is 5.32 Å². The maximum Gasteiger partial charge on any atom is 0.412 e. The fourth-order valence-electron chi connectivity index (χ4n) is 1.41. The molecule has 0 aliphatic carbocycles. The summed E-state index contributed by atoms with van der Waals surface area (Å²) in [5.41, 5.74) is 0.592. The first-order valence-electron chi connectivity index (χ1n) is 5.92. The summed E-state index contributed by atoms with van der Waals surface area (Å²) in [4.78, 5) is 26.1. The summed E-state index contributed by atoms with van der Waals surface area (Å²) in [6.45, 7) is 5.30. The zero-order valence-electron chi connectivity index (χ0n) is 11.3. The standard InChI is InChI=1S/C13H18N2O4/c1-13(2,3)19-12(18)15-10-8-14-7-6-9(10)4-5-11(16)17/h6-8H,4-5H2,1-3H3,(H,15,18)(H,16,17). The molecule has 0 unspecified atom stereocenters. The van der Waals surface area contributed by atoms with E-state index in [0.717, 1.165) is 0 Å². The van der Waals surface area contributed by atoms with Gasteiger partial charge in [0, 0.05) is 12.6 Å². The fraction of sp³-hybridized carbons (Fsp3) is 0.462. The number of ether oxygens (including phenoxy) is 1. The van der Waals surface area contributed by atoms with Gasteiger partial charge in [-0.2, -0.15) is 0 Å². The van der Waals surface area contributed by atoms with E-state index in [1.165, 1.54) is 6.20 Å². The van der Waals surface area contributed by atoms with E-state index >= 15 is 0 Å². The Balaban J connectivity index is 2.72. The highest BCUT2D eigenvalue weighted by molar-refractivity contribution is 5.85. The first kappa shape index (κ1) is 14.9. The highest BCUT2D eigenvalue weighted by Gasteiger charge is 2.17. The lowest BCUT2D eigenvalue weighted by molar-refractivity contribution is -0.136. The van der Waals surface area contributed by atoms with Gasteiger partial charge in [-0.3, -0.25) is 15.1 Å². The molecule has 1 heterocycles. The third-order valence-electron chi connectivity index (χ3n) is 2.16. The normalized spacial score (nSPS) is 10.9. The van der Waals surface area contributed by atoms with Crippen LogP contribution in [0, 0.1) is 0 Å². The number of carboxylic acids is 1. The smallest absolute Gasteiger partial charge is 0.412 e. The first-order chi connectivity index (χ1) is 8.78. The van der Waals surface area contributed by atoms with Gasteiger partial charge in [-0.05, 0) is 38.8 Å². The van der Waals surface area contributed by atoms with Gasteiger partial charge in [0.25, 0.3) is 0 Å². The van der Waals surface area contributed by atoms with Crippen molar-refractivity contribution in [2.75, 3.05) is 5.32 Å². The van der Waals surface area contributed by atoms with Gasteiger partial charge in [0.15, 0.2) is 0 Å². The van der Waals surface area contributed by atoms with Crippen LogP contribution in [-0.2, 0) is 16.0 Å². The number of rotatable bonds is 4. The molecule has 19 heavy (non-hydrogen) atoms. The largest absolute Gasteiger partial charge is 0.481 e. The Hall–Kier alpha value is -2.11. The molecule has 1 aromatic rings. The number of nitrogens with one attached hydrogen (secondary N) is 1. The second-order valence-electron chi connectivity index (χ2n) is 5.05. The van der Waals surface area contributed by atoms with Crippen LogP contribution in [0.1, 0.15) is 32.8 Å². The van der Waals surface area contributed by atoms with Gasteiger partial charge in [-0.25, -0.2) is 4.79 Å². The topological polar surface area (TPSA) is 88.5 Å². The third-order valence-corrected chi connectivity index (χ3v) is 2.16. The maximum atomic E-state index is 11.6. The lowest BCUT2D eigenvalue weighted by Crippen LogP contribution is -2.27. The van der Waals surface area contributed by atoms with Crippen LogP contribution in [0.25, 0.3) is 0 Å². The van der Waals surface area contributed by atoms with Crippen molar-refractivity contribution < 1.29 is 19.4 Å². The van der Waals surface area contributed by atoms with Gasteiger partial charge in [-0.1, -0.05) is 0 Å². The van der Waals surface area contributed by atoms with Crippen molar-refractivity contribution in [1.82, 2.24) is 4.98 Å². The van der Waals surface area contributed by atoms with Crippen LogP contribution in [-0.4, -0.2) is 27.8 Å². The molecule has 0 aliphatic heterocycles. The lowest BCUT2D eigenvalue weighted by atomic mass is 10.1. The zero-order chi connectivity index (χ0) is 14.5. The second kappa shape index (κ2) is 6.17. The summed E-state index contributed by atoms with van der Waals surface area (Å²) >= 11 is 0. The molecule has 0 fully saturated rings. The van der Waals surface area contributed by atoms with Crippen molar-refractivity contribution in [1.29, 1.82) is 0 Å². The maximum absolute atomic E-state index is 11.6. The van der Waals surface area contributed by atoms with Crippen molar-refractivity contribution in [2.45, 2.75) is 39.2 Å². The molecule has 0 spiro atoms. The molecule has 0 saturated carbocycles. The molecule has 104 valence electrons. The van der Waals surface area contributed by atoms with Crippen LogP contribution >= 0.6 is 0 Å². The van der Waals surface area contributed by atoms with Crippen molar-refractivity contribution in [3.05, 3.63) is 24.0 Å². The molecule has 0 atom stereocenters. The molecule has 0 radical (unpaired) electrons. The summed E-state index contributed by atoms with van der Waals surface area (Å²) < 4.78 is 5.13. The Morgan fingerprint density at radius 2 is 2.11 bits per heavy atom. The molecule has 0 saturated heterocycles. The van der Waals surface area contributed by atoms with Crippen LogP contribution in [0.3, 0.4) is 0 Å². The van der Waals surface area contributed by atoms with Gasteiger partial charge in [-0.15, -0.1) is 0 Å². The second-order valence-corrected chi connectivity index (χ2v) is 5.05. The number of hydrogen-bond donors (Lipinski definition) is 2. The van der Waals surface area contributed by atoms with Crippen LogP contribution in [0.2, 0.25) is 0 Å². The first-order valence-corrected chi connectivity index (χ1v) is 5.92. The summed E-state index contributed by atoms with van der Waals surface area (Å²) in [6.07, 6.45) is 2.76. The summed E-state index contributed by atoms with van der Waals surface area (Å²) in [7, 11) is 0. The Labute approximate surface area is 111 Å². The van der Waals surface area contributed by atoms with E-state index in [0.29, 0.717) is 17.7 Å². The Morgan fingerprint density at radius 3 is 2.68 bits per heavy atom. The SMILES string of the molecule is CC(C)(C)OC(=O)Nc1cnccc1CCC(=O)O. The van der Waals surface area contributed by atoms with E-state index in [1.54, 1.807) is 33.0 Å². The van der Waals surface area contributed by atoms with Crippen LogP contribution in [0.15, 0.2) is 18.5 Å². The van der Waals surface area contributed by atoms with Gasteiger partial charge in [0.05, 0.1) is 11.9 Å². The quantitative estimate of drug-likeness (QED) is 0.873. The van der Waals surface area contributed by atoms with E-state index < -0.39 is 17.7 Å². The summed E-state index contributed by atoms with van der Waals surface area (Å²) in [5, 5.41) is 11.2. The van der Waals surface area contributed by atoms with Gasteiger partial charge >= 0.3 is 12.1 Å². The number of carboxylic acid groups (broad SMARTS) is 1. The number of aliphatic carboxylic acids is 1. The number of carbonyl (C=O) groups is 2. The van der Waals surface area contributed by atoms with Crippen molar-refractivity contribution in [2.24, 2.45) is 0 Å². The number of aryl methyl sites for hydroxylation is 1. The van der Waals surface area contributed by atoms with E-state index in [-0.39, 0.29) is 6.42 Å². The zero-order valence-corrected chi connectivity index (χ0v) is 11.3. The van der Waals surface area contributed by atoms with E-state index in [9.17, 15) is 9.59 Å². The van der Waals surface area contributed by atoms with E-state index in [2.05, 4.69) is 10.3 Å². The van der Waals surface area contributed by atoms with Crippen molar-refractivity contribution >= 4 is 17.7 Å². The van der Waals surface area contributed by atoms with E-state index in [4.69, 9.17) is 9.84 Å². The number of hydrogen-bond acceptors (Lipinski definition) is 4. The minimum Gasteiger partial charge on any atom is -0.481 e. The average Bonchev–Trinajstić information content (AvgIpc) is 2.25. The minimum absolute atomic E-state index is 0.00693. The number of amides is 1. The molecule has 1 aromatic heterocycles. The Kier molecular flexibility index (Phi) is 4.86. The predicted octanol–water partition coefficient (Wildman–Crippen LogP) is 2.45. The third kappa shape index (κ3) is 5.85. The highest BCUT2D eigenvalue weighted by Crippen LogP contribution is 2.17. The van der Waals surface area contributed by atoms with Crippen molar-refractivity contribution in [3.8, 4) is 0 Å². The molecule has 0 aromatic carbocycles. The molecule has 6 heteroatoms. The molecule has 2 N–H and O–H groups in total. The van der Waals surface area contributed by atoms with Gasteiger partial charge in [0.2, 0.25) is 0 Å².